The lowest BCUT2D eigenvalue weighted by atomic mass is 9.92. The number of hydrogen-bond donors (Lipinski definition) is 1. The fourth-order valence-corrected chi connectivity index (χ4v) is 5.09. The Morgan fingerprint density at radius 1 is 1.28 bits per heavy atom. The summed E-state index contributed by atoms with van der Waals surface area (Å²) in [5.74, 6) is -1.56. The molecule has 29 heavy (non-hydrogen) atoms. The minimum atomic E-state index is -4.39. The number of likely N-dealkylation sites (tertiary alicyclic amines) is 1. The molecule has 156 valence electrons. The van der Waals surface area contributed by atoms with Crippen LogP contribution < -0.4 is 5.32 Å². The van der Waals surface area contributed by atoms with Crippen molar-refractivity contribution in [1.29, 1.82) is 0 Å². The number of amides is 2. The van der Waals surface area contributed by atoms with E-state index < -0.39 is 26.6 Å². The van der Waals surface area contributed by atoms with Crippen LogP contribution >= 0.6 is 0 Å². The minimum absolute atomic E-state index is 0.169. The minimum Gasteiger partial charge on any atom is -0.325 e. The molecule has 2 amide bonds. The summed E-state index contributed by atoms with van der Waals surface area (Å²) in [6.45, 7) is 3.16. The number of anilines is 1. The number of carbonyl (C=O) groups excluding carboxylic acids is 1. The van der Waals surface area contributed by atoms with E-state index in [9.17, 15) is 17.6 Å². The summed E-state index contributed by atoms with van der Waals surface area (Å²) in [5.41, 5.74) is 1.14. The van der Waals surface area contributed by atoms with Gasteiger partial charge in [-0.2, -0.15) is 10.2 Å². The van der Waals surface area contributed by atoms with Crippen LogP contribution in [0.5, 0.6) is 0 Å². The number of nitrogens with one attached hydrogen (secondary N) is 1. The molecule has 1 aliphatic heterocycles. The lowest BCUT2D eigenvalue weighted by molar-refractivity contribution is 0.117. The highest BCUT2D eigenvalue weighted by Crippen LogP contribution is 2.39. The van der Waals surface area contributed by atoms with E-state index in [1.54, 1.807) is 13.0 Å². The first kappa shape index (κ1) is 21.1. The number of halogens is 2. The Morgan fingerprint density at radius 3 is 2.59 bits per heavy atom. The second kappa shape index (κ2) is 8.02. The van der Waals surface area contributed by atoms with Crippen molar-refractivity contribution in [3.63, 3.8) is 0 Å². The monoisotopic (exact) mass is 424 g/mol. The highest BCUT2D eigenvalue weighted by molar-refractivity contribution is 7.92. The van der Waals surface area contributed by atoms with E-state index in [2.05, 4.69) is 15.5 Å². The zero-order valence-electron chi connectivity index (χ0n) is 16.1. The molecule has 10 heteroatoms. The third-order valence-corrected chi connectivity index (χ3v) is 7.43. The van der Waals surface area contributed by atoms with Gasteiger partial charge in [0.15, 0.2) is 0 Å². The van der Waals surface area contributed by atoms with Gasteiger partial charge in [-0.05, 0) is 51.0 Å². The van der Waals surface area contributed by atoms with Crippen molar-refractivity contribution in [2.45, 2.75) is 36.6 Å². The number of piperidine rings is 1. The Hall–Kier alpha value is -2.62. The molecular formula is C19H22F2N4O3S. The van der Waals surface area contributed by atoms with Crippen LogP contribution in [0.3, 0.4) is 0 Å². The second-order valence-corrected chi connectivity index (χ2v) is 9.50. The van der Waals surface area contributed by atoms with Gasteiger partial charge in [0.1, 0.15) is 5.82 Å². The molecule has 0 aliphatic carbocycles. The highest BCUT2D eigenvalue weighted by atomic mass is 32.2. The molecule has 1 unspecified atom stereocenters. The Morgan fingerprint density at radius 2 is 1.97 bits per heavy atom. The maximum Gasteiger partial charge on any atom is 0.321 e. The molecule has 0 saturated carbocycles. The van der Waals surface area contributed by atoms with Crippen LogP contribution in [-0.4, -0.2) is 47.6 Å². The van der Waals surface area contributed by atoms with Crippen LogP contribution in [-0.2, 0) is 9.84 Å². The van der Waals surface area contributed by atoms with Crippen molar-refractivity contribution >= 4 is 21.6 Å². The molecule has 1 saturated heterocycles. The fourth-order valence-electron chi connectivity index (χ4n) is 3.43. The molecule has 0 radical (unpaired) electrons. The van der Waals surface area contributed by atoms with Crippen molar-refractivity contribution in [3.05, 3.63) is 48.0 Å². The molecule has 1 aliphatic rings. The number of aryl methyl sites for hydroxylation is 1. The predicted molar refractivity (Wildman–Crippen MR) is 103 cm³/mol. The molecule has 1 N–H and O–H groups in total. The summed E-state index contributed by atoms with van der Waals surface area (Å²) in [6.07, 6.45) is 1.76. The van der Waals surface area contributed by atoms with Gasteiger partial charge in [0.25, 0.3) is 0 Å². The summed E-state index contributed by atoms with van der Waals surface area (Å²) >= 11 is 0. The first-order chi connectivity index (χ1) is 13.6. The number of hydrogen-bond acceptors (Lipinski definition) is 5. The number of benzene rings is 1. The van der Waals surface area contributed by atoms with E-state index in [0.717, 1.165) is 19.1 Å². The lowest BCUT2D eigenvalue weighted by Gasteiger charge is -2.37. The van der Waals surface area contributed by atoms with Gasteiger partial charge in [0.2, 0.25) is 14.8 Å². The van der Waals surface area contributed by atoms with Crippen molar-refractivity contribution in [1.82, 2.24) is 15.1 Å². The Balaban J connectivity index is 1.67. The number of rotatable bonds is 4. The fraction of sp³-hybridized carbons (Fsp3) is 0.421. The van der Waals surface area contributed by atoms with Gasteiger partial charge < -0.3 is 10.2 Å². The van der Waals surface area contributed by atoms with Crippen LogP contribution in [0.25, 0.3) is 0 Å². The largest absolute Gasteiger partial charge is 0.325 e. The Kier molecular flexibility index (Phi) is 5.83. The Bertz CT molecular complexity index is 1010. The molecule has 0 bridgehead atoms. The Labute approximate surface area is 168 Å². The quantitative estimate of drug-likeness (QED) is 0.813. The van der Waals surface area contributed by atoms with Gasteiger partial charge in [-0.15, -0.1) is 0 Å². The van der Waals surface area contributed by atoms with E-state index in [1.165, 1.54) is 23.2 Å². The van der Waals surface area contributed by atoms with Crippen molar-refractivity contribution in [2.24, 2.45) is 5.92 Å². The predicted octanol–water partition coefficient (Wildman–Crippen LogP) is 3.33. The molecule has 2 heterocycles. The number of alkyl halides is 1. The molecule has 7 nitrogen and oxygen atoms in total. The third-order valence-electron chi connectivity index (χ3n) is 5.17. The summed E-state index contributed by atoms with van der Waals surface area (Å²) in [4.78, 5) is 13.5. The van der Waals surface area contributed by atoms with Crippen LogP contribution in [0.2, 0.25) is 0 Å². The maximum absolute atomic E-state index is 15.4. The zero-order valence-corrected chi connectivity index (χ0v) is 16.9. The van der Waals surface area contributed by atoms with Gasteiger partial charge in [0.05, 0.1) is 22.5 Å². The highest BCUT2D eigenvalue weighted by Gasteiger charge is 2.48. The average Bonchev–Trinajstić information content (AvgIpc) is 2.68. The van der Waals surface area contributed by atoms with Crippen LogP contribution in [0.1, 0.15) is 25.5 Å². The van der Waals surface area contributed by atoms with Crippen molar-refractivity contribution in [2.75, 3.05) is 18.4 Å². The van der Waals surface area contributed by atoms with Crippen molar-refractivity contribution in [3.8, 4) is 0 Å². The molecule has 2 aromatic rings. The number of carbonyl (C=O) groups is 1. The molecule has 1 aromatic carbocycles. The topological polar surface area (TPSA) is 92.3 Å². The van der Waals surface area contributed by atoms with Crippen molar-refractivity contribution < 1.29 is 22.0 Å². The normalized spacial score (nSPS) is 17.6. The van der Waals surface area contributed by atoms with E-state index >= 15 is 4.39 Å². The number of urea groups is 1. The summed E-state index contributed by atoms with van der Waals surface area (Å²) in [7, 11) is -4.39. The summed E-state index contributed by atoms with van der Waals surface area (Å²) < 4.78 is 54.4. The molecule has 3 rings (SSSR count). The van der Waals surface area contributed by atoms with E-state index in [0.29, 0.717) is 11.4 Å². The average molecular weight is 424 g/mol. The standard InChI is InChI=1S/C19H22F2N4O3S/c1-13-10-16(12-22-24-13)23-18(26)25-8-6-14(7-9-25)19(2,21)29(27,28)17-5-3-4-15(20)11-17/h3-5,10-12,14H,6-9H2,1-2H3,(H,23,24,26). The number of aromatic nitrogens is 2. The second-order valence-electron chi connectivity index (χ2n) is 7.22. The van der Waals surface area contributed by atoms with Crippen LogP contribution in [0.15, 0.2) is 41.4 Å². The number of nitrogens with zero attached hydrogens (tertiary/aromatic N) is 3. The van der Waals surface area contributed by atoms with Gasteiger partial charge >= 0.3 is 6.03 Å². The zero-order chi connectivity index (χ0) is 21.2. The molecular weight excluding hydrogens is 402 g/mol. The molecule has 1 fully saturated rings. The van der Waals surface area contributed by atoms with Crippen LogP contribution in [0, 0.1) is 18.7 Å². The summed E-state index contributed by atoms with van der Waals surface area (Å²) in [6, 6.07) is 5.64. The first-order valence-corrected chi connectivity index (χ1v) is 10.6. The first-order valence-electron chi connectivity index (χ1n) is 9.15. The third kappa shape index (κ3) is 4.36. The van der Waals surface area contributed by atoms with E-state index in [-0.39, 0.29) is 36.9 Å². The summed E-state index contributed by atoms with van der Waals surface area (Å²) in [5, 5.41) is 7.70. The number of sulfone groups is 1. The molecule has 0 spiro atoms. The van der Waals surface area contributed by atoms with Gasteiger partial charge in [0, 0.05) is 19.0 Å². The van der Waals surface area contributed by atoms with E-state index in [4.69, 9.17) is 0 Å². The van der Waals surface area contributed by atoms with Gasteiger partial charge in [-0.3, -0.25) is 0 Å². The SMILES string of the molecule is Cc1cc(NC(=O)N2CCC(C(C)(F)S(=O)(=O)c3cccc(F)c3)CC2)cnn1. The van der Waals surface area contributed by atoms with Gasteiger partial charge in [-0.25, -0.2) is 22.0 Å². The maximum atomic E-state index is 15.4. The van der Waals surface area contributed by atoms with Gasteiger partial charge in [-0.1, -0.05) is 6.07 Å². The van der Waals surface area contributed by atoms with E-state index in [1.807, 2.05) is 0 Å². The van der Waals surface area contributed by atoms with Crippen LogP contribution in [0.4, 0.5) is 19.3 Å². The lowest BCUT2D eigenvalue weighted by Crippen LogP contribution is -2.48. The molecule has 1 atom stereocenters. The molecule has 1 aromatic heterocycles. The smallest absolute Gasteiger partial charge is 0.321 e.